The molecule has 0 aliphatic heterocycles. The summed E-state index contributed by atoms with van der Waals surface area (Å²) in [5, 5.41) is 9.28. The normalized spacial score (nSPS) is 12.6. The van der Waals surface area contributed by atoms with E-state index in [1.807, 2.05) is 12.1 Å². The monoisotopic (exact) mass is 362 g/mol. The van der Waals surface area contributed by atoms with E-state index in [1.165, 1.54) is 0 Å². The summed E-state index contributed by atoms with van der Waals surface area (Å²) in [5.74, 6) is -1.38. The van der Waals surface area contributed by atoms with Gasteiger partial charge in [-0.25, -0.2) is 13.1 Å². The highest BCUT2D eigenvalue weighted by molar-refractivity contribution is 7.88. The third-order valence-corrected chi connectivity index (χ3v) is 5.13. The summed E-state index contributed by atoms with van der Waals surface area (Å²) in [5.41, 5.74) is 1.75. The van der Waals surface area contributed by atoms with Crippen molar-refractivity contribution in [3.8, 4) is 0 Å². The van der Waals surface area contributed by atoms with Crippen molar-refractivity contribution in [3.63, 3.8) is 0 Å². The van der Waals surface area contributed by atoms with Crippen molar-refractivity contribution in [2.75, 3.05) is 0 Å². The highest BCUT2D eigenvalue weighted by atomic mass is 32.2. The van der Waals surface area contributed by atoms with E-state index in [-0.39, 0.29) is 12.2 Å². The van der Waals surface area contributed by atoms with E-state index in [4.69, 9.17) is 0 Å². The first-order valence-electron chi connectivity index (χ1n) is 8.12. The lowest BCUT2D eigenvalue weighted by Crippen LogP contribution is -2.41. The number of hydrogen-bond donors (Lipinski definition) is 2. The van der Waals surface area contributed by atoms with Gasteiger partial charge in [0.2, 0.25) is 10.0 Å². The molecule has 25 heavy (non-hydrogen) atoms. The van der Waals surface area contributed by atoms with Gasteiger partial charge in [-0.1, -0.05) is 36.8 Å². The van der Waals surface area contributed by atoms with Gasteiger partial charge in [0.15, 0.2) is 0 Å². The van der Waals surface area contributed by atoms with Crippen LogP contribution in [0.3, 0.4) is 0 Å². The molecule has 0 unspecified atom stereocenters. The van der Waals surface area contributed by atoms with Crippen molar-refractivity contribution in [1.29, 1.82) is 0 Å². The molecular weight excluding hydrogens is 340 g/mol. The minimum absolute atomic E-state index is 0.228. The van der Waals surface area contributed by atoms with Crippen LogP contribution in [0, 0.1) is 0 Å². The summed E-state index contributed by atoms with van der Waals surface area (Å²) in [7, 11) is -3.71. The zero-order valence-corrected chi connectivity index (χ0v) is 14.7. The number of rotatable bonds is 10. The molecule has 0 radical (unpaired) electrons. The molecule has 1 aromatic carbocycles. The van der Waals surface area contributed by atoms with Crippen LogP contribution in [0.15, 0.2) is 54.9 Å². The quantitative estimate of drug-likeness (QED) is 0.633. The number of unbranched alkanes of at least 4 members (excludes halogenated alkanes) is 1. The Labute approximate surface area is 148 Å². The average molecular weight is 362 g/mol. The van der Waals surface area contributed by atoms with E-state index < -0.39 is 22.0 Å². The zero-order valence-electron chi connectivity index (χ0n) is 13.8. The Hall–Kier alpha value is -2.25. The minimum atomic E-state index is -3.71. The number of carboxylic acids is 1. The first-order valence-corrected chi connectivity index (χ1v) is 9.77. The Balaban J connectivity index is 1.84. The smallest absolute Gasteiger partial charge is 0.321 e. The van der Waals surface area contributed by atoms with Crippen molar-refractivity contribution in [2.24, 2.45) is 0 Å². The maximum absolute atomic E-state index is 12.2. The summed E-state index contributed by atoms with van der Waals surface area (Å²) in [6, 6.07) is 11.4. The lowest BCUT2D eigenvalue weighted by Gasteiger charge is -2.15. The topological polar surface area (TPSA) is 96.4 Å². The minimum Gasteiger partial charge on any atom is -0.480 e. The van der Waals surface area contributed by atoms with Crippen LogP contribution in [0.1, 0.15) is 30.4 Å². The molecule has 0 fully saturated rings. The zero-order chi connectivity index (χ0) is 18.1. The van der Waals surface area contributed by atoms with E-state index in [2.05, 4.69) is 9.71 Å². The molecule has 1 aromatic heterocycles. The molecular formula is C18H22N2O4S. The number of aliphatic carboxylic acids is 1. The SMILES string of the molecule is O=C(O)[C@@H](CCCCc1ccncc1)NS(=O)(=O)Cc1ccccc1. The predicted octanol–water partition coefficient (Wildman–Crippen LogP) is 2.37. The van der Waals surface area contributed by atoms with Crippen molar-refractivity contribution in [1.82, 2.24) is 9.71 Å². The molecule has 0 bridgehead atoms. The number of nitrogens with one attached hydrogen (secondary N) is 1. The number of aromatic nitrogens is 1. The standard InChI is InChI=1S/C18H22N2O4S/c21-18(22)17(9-5-4-6-15-10-12-19-13-11-15)20-25(23,24)14-16-7-2-1-3-8-16/h1-3,7-8,10-13,17,20H,4-6,9,14H2,(H,21,22)/t17-/m1/s1. The van der Waals surface area contributed by atoms with Gasteiger partial charge in [-0.15, -0.1) is 0 Å². The van der Waals surface area contributed by atoms with Gasteiger partial charge in [0.1, 0.15) is 6.04 Å². The van der Waals surface area contributed by atoms with Crippen LogP contribution in [0.4, 0.5) is 0 Å². The number of hydrogen-bond acceptors (Lipinski definition) is 4. The first kappa shape index (κ1) is 19.1. The summed E-state index contributed by atoms with van der Waals surface area (Å²) in [6.07, 6.45) is 5.90. The summed E-state index contributed by atoms with van der Waals surface area (Å²) >= 11 is 0. The molecule has 134 valence electrons. The van der Waals surface area contributed by atoms with Gasteiger partial charge >= 0.3 is 5.97 Å². The maximum atomic E-state index is 12.2. The third kappa shape index (κ3) is 7.03. The predicted molar refractivity (Wildman–Crippen MR) is 95.4 cm³/mol. The number of sulfonamides is 1. The highest BCUT2D eigenvalue weighted by Crippen LogP contribution is 2.10. The van der Waals surface area contributed by atoms with Gasteiger partial charge in [-0.05, 0) is 42.5 Å². The average Bonchev–Trinajstić information content (AvgIpc) is 2.59. The lowest BCUT2D eigenvalue weighted by molar-refractivity contribution is -0.139. The van der Waals surface area contributed by atoms with Gasteiger partial charge in [0.05, 0.1) is 5.75 Å². The fourth-order valence-corrected chi connectivity index (χ4v) is 3.88. The third-order valence-electron chi connectivity index (χ3n) is 3.78. The van der Waals surface area contributed by atoms with E-state index in [0.29, 0.717) is 12.0 Å². The maximum Gasteiger partial charge on any atom is 0.321 e. The Kier molecular flexibility index (Phi) is 7.09. The Morgan fingerprint density at radius 1 is 1.04 bits per heavy atom. The second-order valence-electron chi connectivity index (χ2n) is 5.85. The number of nitrogens with zero attached hydrogens (tertiary/aromatic N) is 1. The van der Waals surface area contributed by atoms with Crippen LogP contribution in [0.5, 0.6) is 0 Å². The van der Waals surface area contributed by atoms with Crippen LogP contribution < -0.4 is 4.72 Å². The summed E-state index contributed by atoms with van der Waals surface area (Å²) in [4.78, 5) is 15.3. The van der Waals surface area contributed by atoms with E-state index in [0.717, 1.165) is 18.4 Å². The molecule has 6 nitrogen and oxygen atoms in total. The molecule has 0 spiro atoms. The molecule has 0 aliphatic rings. The molecule has 0 saturated carbocycles. The largest absolute Gasteiger partial charge is 0.480 e. The van der Waals surface area contributed by atoms with Gasteiger partial charge in [-0.2, -0.15) is 0 Å². The van der Waals surface area contributed by atoms with E-state index in [9.17, 15) is 18.3 Å². The van der Waals surface area contributed by atoms with Crippen LogP contribution >= 0.6 is 0 Å². The molecule has 2 N–H and O–H groups in total. The summed E-state index contributed by atoms with van der Waals surface area (Å²) < 4.78 is 26.7. The Morgan fingerprint density at radius 3 is 2.36 bits per heavy atom. The van der Waals surface area contributed by atoms with Crippen molar-refractivity contribution in [3.05, 3.63) is 66.0 Å². The molecule has 0 aliphatic carbocycles. The van der Waals surface area contributed by atoms with Gasteiger partial charge in [0, 0.05) is 12.4 Å². The number of pyridine rings is 1. The van der Waals surface area contributed by atoms with Crippen LogP contribution in [-0.2, 0) is 27.0 Å². The molecule has 1 heterocycles. The molecule has 1 atom stereocenters. The molecule has 2 aromatic rings. The van der Waals surface area contributed by atoms with Crippen LogP contribution in [0.2, 0.25) is 0 Å². The van der Waals surface area contributed by atoms with E-state index in [1.54, 1.807) is 42.7 Å². The van der Waals surface area contributed by atoms with Gasteiger partial charge in [0.25, 0.3) is 0 Å². The second-order valence-corrected chi connectivity index (χ2v) is 7.61. The van der Waals surface area contributed by atoms with Gasteiger partial charge < -0.3 is 5.11 Å². The Bertz CT molecular complexity index is 764. The van der Waals surface area contributed by atoms with Crippen LogP contribution in [0.25, 0.3) is 0 Å². The summed E-state index contributed by atoms with van der Waals surface area (Å²) in [6.45, 7) is 0. The molecule has 0 saturated heterocycles. The second kappa shape index (κ2) is 9.29. The fourth-order valence-electron chi connectivity index (χ4n) is 2.51. The number of carbonyl (C=O) groups is 1. The molecule has 0 amide bonds. The Morgan fingerprint density at radius 2 is 1.72 bits per heavy atom. The fraction of sp³-hybridized carbons (Fsp3) is 0.333. The van der Waals surface area contributed by atoms with Crippen molar-refractivity contribution in [2.45, 2.75) is 37.5 Å². The number of benzene rings is 1. The van der Waals surface area contributed by atoms with Crippen LogP contribution in [-0.4, -0.2) is 30.5 Å². The first-order chi connectivity index (χ1) is 12.0. The number of carboxylic acid groups (broad SMARTS) is 1. The van der Waals surface area contributed by atoms with Gasteiger partial charge in [-0.3, -0.25) is 9.78 Å². The molecule has 2 rings (SSSR count). The lowest BCUT2D eigenvalue weighted by atomic mass is 10.1. The van der Waals surface area contributed by atoms with Crippen molar-refractivity contribution >= 4 is 16.0 Å². The molecule has 7 heteroatoms. The van der Waals surface area contributed by atoms with E-state index >= 15 is 0 Å². The van der Waals surface area contributed by atoms with Crippen molar-refractivity contribution < 1.29 is 18.3 Å². The number of aryl methyl sites for hydroxylation is 1. The highest BCUT2D eigenvalue weighted by Gasteiger charge is 2.23.